The molecular weight excluding hydrogens is 464 g/mol. The summed E-state index contributed by atoms with van der Waals surface area (Å²) in [7, 11) is 1.66. The fourth-order valence-electron chi connectivity index (χ4n) is 4.54. The minimum atomic E-state index is -0.0663. The lowest BCUT2D eigenvalue weighted by Gasteiger charge is -2.35. The first-order valence-corrected chi connectivity index (χ1v) is 13.0. The second-order valence-electron chi connectivity index (χ2n) is 8.42. The molecule has 0 spiro atoms. The molecule has 1 unspecified atom stereocenters. The average Bonchev–Trinajstić information content (AvgIpc) is 3.36. The second-order valence-corrected chi connectivity index (χ2v) is 9.19. The van der Waals surface area contributed by atoms with Crippen LogP contribution >= 0.6 is 11.8 Å². The van der Waals surface area contributed by atoms with Crippen molar-refractivity contribution < 1.29 is 9.47 Å². The second kappa shape index (κ2) is 10.5. The van der Waals surface area contributed by atoms with Gasteiger partial charge in [0.05, 0.1) is 13.4 Å². The van der Waals surface area contributed by atoms with Crippen molar-refractivity contribution in [1.29, 1.82) is 5.26 Å². The van der Waals surface area contributed by atoms with Crippen molar-refractivity contribution in [3.8, 4) is 23.2 Å². The van der Waals surface area contributed by atoms with Crippen LogP contribution in [0.1, 0.15) is 25.5 Å². The third-order valence-electron chi connectivity index (χ3n) is 6.40. The number of methoxy groups -OCH3 is 1. The number of thioether (sulfide) groups is 1. The van der Waals surface area contributed by atoms with E-state index in [0.717, 1.165) is 85.4 Å². The van der Waals surface area contributed by atoms with Gasteiger partial charge in [-0.2, -0.15) is 10.2 Å². The van der Waals surface area contributed by atoms with Gasteiger partial charge < -0.3 is 19.3 Å². The van der Waals surface area contributed by atoms with Crippen LogP contribution in [0.3, 0.4) is 0 Å². The maximum Gasteiger partial charge on any atom is 0.228 e. The number of anilines is 1. The highest BCUT2D eigenvalue weighted by Gasteiger charge is 2.26. The van der Waals surface area contributed by atoms with Crippen molar-refractivity contribution >= 4 is 34.0 Å². The zero-order valence-corrected chi connectivity index (χ0v) is 20.7. The van der Waals surface area contributed by atoms with E-state index in [0.29, 0.717) is 5.95 Å². The minimum absolute atomic E-state index is 0.0663. The number of hydrogen-bond donors (Lipinski definition) is 0. The highest BCUT2D eigenvalue weighted by molar-refractivity contribution is 8.13. The highest BCUT2D eigenvalue weighted by Crippen LogP contribution is 2.32. The molecule has 1 atom stereocenters. The predicted octanol–water partition coefficient (Wildman–Crippen LogP) is 3.52. The van der Waals surface area contributed by atoms with E-state index < -0.39 is 0 Å². The molecule has 5 rings (SSSR count). The van der Waals surface area contributed by atoms with Crippen LogP contribution in [0.15, 0.2) is 35.6 Å². The van der Waals surface area contributed by atoms with Gasteiger partial charge in [-0.05, 0) is 49.8 Å². The molecule has 3 aromatic rings. The van der Waals surface area contributed by atoms with Crippen molar-refractivity contribution in [2.75, 3.05) is 51.1 Å². The van der Waals surface area contributed by atoms with E-state index in [2.05, 4.69) is 14.8 Å². The lowest BCUT2D eigenvalue weighted by atomic mass is 10.1. The third kappa shape index (κ3) is 4.76. The van der Waals surface area contributed by atoms with Crippen molar-refractivity contribution in [1.82, 2.24) is 24.4 Å². The molecular formula is C24H28N8O2S. The summed E-state index contributed by atoms with van der Waals surface area (Å²) in [5, 5.41) is 9.72. The zero-order chi connectivity index (χ0) is 24.2. The third-order valence-corrected chi connectivity index (χ3v) is 7.11. The quantitative estimate of drug-likeness (QED) is 0.307. The standard InChI is InChI=1S/C24H28N8O2S/c1-33-18-8-6-17(7-9-18)20-21-22(32(16-27-21)19-5-3-4-14-34-19)29-23(28-20)30-10-12-31(13-11-30)24(35-2)26-15-25/h6-9,16,19H,3-5,10-14H2,1-2H3/b26-24-. The van der Waals surface area contributed by atoms with E-state index >= 15 is 0 Å². The molecule has 0 amide bonds. The van der Waals surface area contributed by atoms with Gasteiger partial charge in [0.2, 0.25) is 12.1 Å². The number of nitrogens with zero attached hydrogens (tertiary/aromatic N) is 8. The SMILES string of the molecule is COc1ccc(-c2nc(N3CCN(/C(=N/C#N)SC)CC3)nc3c2ncn3C2CCCCO2)cc1. The highest BCUT2D eigenvalue weighted by atomic mass is 32.2. The monoisotopic (exact) mass is 492 g/mol. The molecule has 11 heteroatoms. The Labute approximate surface area is 208 Å². The number of nitriles is 1. The normalized spacial score (nSPS) is 19.1. The summed E-state index contributed by atoms with van der Waals surface area (Å²) < 4.78 is 13.4. The summed E-state index contributed by atoms with van der Waals surface area (Å²) in [6, 6.07) is 7.87. The molecule has 2 aliphatic heterocycles. The zero-order valence-electron chi connectivity index (χ0n) is 19.9. The summed E-state index contributed by atoms with van der Waals surface area (Å²) in [5.41, 5.74) is 3.29. The van der Waals surface area contributed by atoms with Gasteiger partial charge in [-0.15, -0.1) is 4.99 Å². The molecule has 0 radical (unpaired) electrons. The lowest BCUT2D eigenvalue weighted by molar-refractivity contribution is -0.0298. The molecule has 0 bridgehead atoms. The van der Waals surface area contributed by atoms with E-state index in [4.69, 9.17) is 29.7 Å². The maximum atomic E-state index is 8.98. The van der Waals surface area contributed by atoms with Crippen LogP contribution in [-0.4, -0.2) is 75.7 Å². The fraction of sp³-hybridized carbons (Fsp3) is 0.458. The van der Waals surface area contributed by atoms with Crippen molar-refractivity contribution in [2.45, 2.75) is 25.5 Å². The summed E-state index contributed by atoms with van der Waals surface area (Å²) in [4.78, 5) is 23.0. The van der Waals surface area contributed by atoms with Crippen molar-refractivity contribution in [3.63, 3.8) is 0 Å². The van der Waals surface area contributed by atoms with Crippen LogP contribution in [0.5, 0.6) is 5.75 Å². The Morgan fingerprint density at radius 1 is 1.17 bits per heavy atom. The topological polar surface area (TPSA) is 105 Å². The first kappa shape index (κ1) is 23.4. The van der Waals surface area contributed by atoms with Gasteiger partial charge in [0, 0.05) is 38.3 Å². The molecule has 0 saturated carbocycles. The smallest absolute Gasteiger partial charge is 0.228 e. The molecule has 182 valence electrons. The Bertz CT molecular complexity index is 1240. The van der Waals surface area contributed by atoms with Gasteiger partial charge in [0.1, 0.15) is 23.2 Å². The Hall–Kier alpha value is -3.36. The van der Waals surface area contributed by atoms with Gasteiger partial charge in [0.25, 0.3) is 0 Å². The lowest BCUT2D eigenvalue weighted by Crippen LogP contribution is -2.48. The Morgan fingerprint density at radius 3 is 2.63 bits per heavy atom. The molecule has 1 aromatic carbocycles. The number of aromatic nitrogens is 4. The number of aliphatic imine (C=N–C) groups is 1. The number of piperazine rings is 1. The van der Waals surface area contributed by atoms with E-state index in [1.54, 1.807) is 7.11 Å². The number of imidazole rings is 1. The first-order chi connectivity index (χ1) is 17.2. The van der Waals surface area contributed by atoms with E-state index in [1.165, 1.54) is 11.8 Å². The van der Waals surface area contributed by atoms with Gasteiger partial charge >= 0.3 is 0 Å². The largest absolute Gasteiger partial charge is 0.497 e. The number of ether oxygens (including phenoxy) is 2. The van der Waals surface area contributed by atoms with Crippen LogP contribution in [0.25, 0.3) is 22.4 Å². The minimum Gasteiger partial charge on any atom is -0.497 e. The Balaban J connectivity index is 1.52. The van der Waals surface area contributed by atoms with Gasteiger partial charge in [-0.25, -0.2) is 9.97 Å². The molecule has 35 heavy (non-hydrogen) atoms. The molecule has 10 nitrogen and oxygen atoms in total. The van der Waals surface area contributed by atoms with Gasteiger partial charge in [0.15, 0.2) is 10.8 Å². The molecule has 0 N–H and O–H groups in total. The number of amidine groups is 1. The molecule has 2 saturated heterocycles. The maximum absolute atomic E-state index is 8.98. The predicted molar refractivity (Wildman–Crippen MR) is 136 cm³/mol. The van der Waals surface area contributed by atoms with E-state index in [9.17, 15) is 0 Å². The van der Waals surface area contributed by atoms with E-state index in [1.807, 2.05) is 47.6 Å². The Kier molecular flexibility index (Phi) is 7.01. The number of benzene rings is 1. The molecule has 2 aliphatic rings. The van der Waals surface area contributed by atoms with Gasteiger partial charge in [-0.3, -0.25) is 4.57 Å². The molecule has 2 fully saturated rings. The number of fused-ring (bicyclic) bond motifs is 1. The van der Waals surface area contributed by atoms with Crippen LogP contribution in [0.2, 0.25) is 0 Å². The van der Waals surface area contributed by atoms with Crippen molar-refractivity contribution in [3.05, 3.63) is 30.6 Å². The number of hydrogen-bond acceptors (Lipinski definition) is 9. The van der Waals surface area contributed by atoms with Crippen LogP contribution < -0.4 is 9.64 Å². The van der Waals surface area contributed by atoms with Gasteiger partial charge in [-0.1, -0.05) is 11.8 Å². The summed E-state index contributed by atoms with van der Waals surface area (Å²) in [6.45, 7) is 3.69. The summed E-state index contributed by atoms with van der Waals surface area (Å²) in [5.74, 6) is 1.46. The number of rotatable bonds is 4. The average molecular weight is 493 g/mol. The van der Waals surface area contributed by atoms with Crippen molar-refractivity contribution in [2.24, 2.45) is 4.99 Å². The molecule has 2 aromatic heterocycles. The first-order valence-electron chi connectivity index (χ1n) is 11.7. The van der Waals surface area contributed by atoms with Crippen LogP contribution in [-0.2, 0) is 4.74 Å². The fourth-order valence-corrected chi connectivity index (χ4v) is 5.11. The molecule has 0 aliphatic carbocycles. The summed E-state index contributed by atoms with van der Waals surface area (Å²) in [6.07, 6.45) is 8.75. The van der Waals surface area contributed by atoms with E-state index in [-0.39, 0.29) is 6.23 Å². The van der Waals surface area contributed by atoms with Crippen LogP contribution in [0, 0.1) is 11.5 Å². The Morgan fingerprint density at radius 2 is 1.97 bits per heavy atom. The summed E-state index contributed by atoms with van der Waals surface area (Å²) >= 11 is 1.49. The molecule has 4 heterocycles. The van der Waals surface area contributed by atoms with Crippen LogP contribution in [0.4, 0.5) is 5.95 Å².